The number of non-ortho nitro benzene ring substituents is 1. The number of phenolic OH excluding ortho intramolecular Hbond substituents is 1. The number of hydrogen-bond acceptors (Lipinski definition) is 5. The quantitative estimate of drug-likeness (QED) is 0.302. The number of aromatic nitrogens is 1. The van der Waals surface area contributed by atoms with Crippen LogP contribution in [0.2, 0.25) is 0 Å². The zero-order chi connectivity index (χ0) is 19.5. The number of nitro benzene ring substituents is 1. The topological polar surface area (TPSA) is 88.6 Å². The van der Waals surface area contributed by atoms with Crippen molar-refractivity contribution in [2.45, 2.75) is 0 Å². The molecule has 1 heterocycles. The number of nitrogens with zero attached hydrogens (tertiary/aromatic N) is 3. The number of aromatic hydroxyl groups is 1. The van der Waals surface area contributed by atoms with E-state index in [2.05, 4.69) is 22.1 Å². The minimum Gasteiger partial charge on any atom is -0.506 e. The van der Waals surface area contributed by atoms with Crippen LogP contribution in [0.4, 0.5) is 11.4 Å². The van der Waals surface area contributed by atoms with Gasteiger partial charge in [0.1, 0.15) is 11.4 Å². The summed E-state index contributed by atoms with van der Waals surface area (Å²) in [7, 11) is 0. The second-order valence-corrected chi connectivity index (χ2v) is 6.16. The van der Waals surface area contributed by atoms with Crippen LogP contribution in [0.15, 0.2) is 83.9 Å². The highest BCUT2D eigenvalue weighted by Gasteiger charge is 2.09. The van der Waals surface area contributed by atoms with Gasteiger partial charge < -0.3 is 5.11 Å². The molecule has 0 spiro atoms. The van der Waals surface area contributed by atoms with Crippen molar-refractivity contribution in [2.75, 3.05) is 0 Å². The maximum Gasteiger partial charge on any atom is 0.271 e. The third-order valence-corrected chi connectivity index (χ3v) is 4.34. The van der Waals surface area contributed by atoms with Crippen molar-refractivity contribution >= 4 is 28.4 Å². The average molecular weight is 369 g/mol. The highest BCUT2D eigenvalue weighted by atomic mass is 16.6. The van der Waals surface area contributed by atoms with Gasteiger partial charge in [-0.25, -0.2) is 4.98 Å². The summed E-state index contributed by atoms with van der Waals surface area (Å²) >= 11 is 0. The number of fused-ring (bicyclic) bond motifs is 1. The molecule has 136 valence electrons. The van der Waals surface area contributed by atoms with Crippen LogP contribution in [0.1, 0.15) is 5.69 Å². The first-order valence-corrected chi connectivity index (χ1v) is 8.58. The summed E-state index contributed by atoms with van der Waals surface area (Å²) in [4.78, 5) is 19.2. The Balaban J connectivity index is 1.71. The summed E-state index contributed by atoms with van der Waals surface area (Å²) < 4.78 is 0. The van der Waals surface area contributed by atoms with Crippen LogP contribution in [0.3, 0.4) is 0 Å². The zero-order valence-electron chi connectivity index (χ0n) is 14.7. The molecular formula is C22H15N3O3. The summed E-state index contributed by atoms with van der Waals surface area (Å²) in [6.45, 7) is 0. The summed E-state index contributed by atoms with van der Waals surface area (Å²) in [6, 6.07) is 23.4. The van der Waals surface area contributed by atoms with E-state index in [1.165, 1.54) is 24.4 Å². The van der Waals surface area contributed by atoms with Crippen molar-refractivity contribution in [3.63, 3.8) is 0 Å². The van der Waals surface area contributed by atoms with Crippen molar-refractivity contribution in [3.05, 3.63) is 94.7 Å². The van der Waals surface area contributed by atoms with E-state index in [9.17, 15) is 15.2 Å². The fourth-order valence-corrected chi connectivity index (χ4v) is 2.99. The van der Waals surface area contributed by atoms with Crippen molar-refractivity contribution < 1.29 is 10.0 Å². The average Bonchev–Trinajstić information content (AvgIpc) is 2.73. The minimum absolute atomic E-state index is 0.117. The molecule has 0 atom stereocenters. The lowest BCUT2D eigenvalue weighted by molar-refractivity contribution is -0.384. The standard InChI is InChI=1S/C22H15N3O3/c26-22-12-11-17(25(27)28)13-21(22)23-14-16-7-4-10-20(24-16)19-9-3-6-15-5-1-2-8-18(15)19/h1-14,26H/b23-14+. The summed E-state index contributed by atoms with van der Waals surface area (Å²) in [5.74, 6) is -0.132. The summed E-state index contributed by atoms with van der Waals surface area (Å²) in [5.41, 5.74) is 2.36. The second kappa shape index (κ2) is 7.28. The molecule has 4 aromatic rings. The summed E-state index contributed by atoms with van der Waals surface area (Å²) in [6.07, 6.45) is 1.48. The van der Waals surface area contributed by atoms with E-state index < -0.39 is 4.92 Å². The lowest BCUT2D eigenvalue weighted by Crippen LogP contribution is -1.91. The minimum atomic E-state index is -0.530. The van der Waals surface area contributed by atoms with E-state index in [4.69, 9.17) is 0 Å². The molecule has 0 aliphatic rings. The molecule has 3 aromatic carbocycles. The highest BCUT2D eigenvalue weighted by molar-refractivity contribution is 5.96. The van der Waals surface area contributed by atoms with Gasteiger partial charge in [-0.3, -0.25) is 15.1 Å². The molecule has 1 N–H and O–H groups in total. The van der Waals surface area contributed by atoms with Crippen LogP contribution in [-0.4, -0.2) is 21.2 Å². The lowest BCUT2D eigenvalue weighted by Gasteiger charge is -2.06. The van der Waals surface area contributed by atoms with Gasteiger partial charge in [-0.15, -0.1) is 0 Å². The monoisotopic (exact) mass is 369 g/mol. The molecule has 1 aromatic heterocycles. The largest absolute Gasteiger partial charge is 0.506 e. The van der Waals surface area contributed by atoms with Crippen molar-refractivity contribution in [3.8, 4) is 17.0 Å². The van der Waals surface area contributed by atoms with Gasteiger partial charge in [0, 0.05) is 17.7 Å². The molecule has 0 amide bonds. The fraction of sp³-hybridized carbons (Fsp3) is 0. The molecule has 0 radical (unpaired) electrons. The fourth-order valence-electron chi connectivity index (χ4n) is 2.99. The van der Waals surface area contributed by atoms with Gasteiger partial charge in [-0.2, -0.15) is 0 Å². The predicted molar refractivity (Wildman–Crippen MR) is 109 cm³/mol. The van der Waals surface area contributed by atoms with E-state index in [1.807, 2.05) is 42.5 Å². The normalized spacial score (nSPS) is 11.1. The Morgan fingerprint density at radius 2 is 1.75 bits per heavy atom. The molecule has 0 fully saturated rings. The predicted octanol–water partition coefficient (Wildman–Crippen LogP) is 5.27. The zero-order valence-corrected chi connectivity index (χ0v) is 14.7. The molecule has 4 rings (SSSR count). The Bertz CT molecular complexity index is 1210. The molecule has 0 saturated heterocycles. The highest BCUT2D eigenvalue weighted by Crippen LogP contribution is 2.30. The molecule has 0 unspecified atom stereocenters. The van der Waals surface area contributed by atoms with Crippen LogP contribution in [-0.2, 0) is 0 Å². The van der Waals surface area contributed by atoms with Crippen LogP contribution in [0, 0.1) is 10.1 Å². The molecule has 0 bridgehead atoms. The number of hydrogen-bond donors (Lipinski definition) is 1. The second-order valence-electron chi connectivity index (χ2n) is 6.16. The van der Waals surface area contributed by atoms with Crippen LogP contribution >= 0.6 is 0 Å². The van der Waals surface area contributed by atoms with Gasteiger partial charge in [-0.1, -0.05) is 48.5 Å². The number of nitro groups is 1. The third-order valence-electron chi connectivity index (χ3n) is 4.34. The first-order chi connectivity index (χ1) is 13.6. The van der Waals surface area contributed by atoms with Gasteiger partial charge in [-0.05, 0) is 29.0 Å². The first-order valence-electron chi connectivity index (χ1n) is 8.58. The number of aliphatic imine (C=N–C) groups is 1. The van der Waals surface area contributed by atoms with E-state index in [0.717, 1.165) is 22.0 Å². The summed E-state index contributed by atoms with van der Waals surface area (Å²) in [5, 5.41) is 23.0. The maximum atomic E-state index is 10.9. The van der Waals surface area contributed by atoms with Gasteiger partial charge >= 0.3 is 0 Å². The van der Waals surface area contributed by atoms with Crippen molar-refractivity contribution in [1.82, 2.24) is 4.98 Å². The SMILES string of the molecule is O=[N+]([O-])c1ccc(O)c(/N=C/c2cccc(-c3cccc4ccccc34)n2)c1. The molecule has 6 nitrogen and oxygen atoms in total. The molecule has 0 aliphatic heterocycles. The van der Waals surface area contributed by atoms with Crippen LogP contribution < -0.4 is 0 Å². The van der Waals surface area contributed by atoms with Gasteiger partial charge in [0.15, 0.2) is 0 Å². The van der Waals surface area contributed by atoms with Crippen molar-refractivity contribution in [1.29, 1.82) is 0 Å². The van der Waals surface area contributed by atoms with Crippen LogP contribution in [0.25, 0.3) is 22.0 Å². The number of rotatable bonds is 4. The van der Waals surface area contributed by atoms with E-state index >= 15 is 0 Å². The third kappa shape index (κ3) is 3.43. The van der Waals surface area contributed by atoms with Gasteiger partial charge in [0.2, 0.25) is 0 Å². The Hall–Kier alpha value is -4.06. The molecular weight excluding hydrogens is 354 g/mol. The molecule has 28 heavy (non-hydrogen) atoms. The first kappa shape index (κ1) is 17.4. The Labute approximate surface area is 160 Å². The number of benzene rings is 3. The van der Waals surface area contributed by atoms with Crippen molar-refractivity contribution in [2.24, 2.45) is 4.99 Å². The van der Waals surface area contributed by atoms with E-state index in [-0.39, 0.29) is 17.1 Å². The van der Waals surface area contributed by atoms with Crippen LogP contribution in [0.5, 0.6) is 5.75 Å². The van der Waals surface area contributed by atoms with Gasteiger partial charge in [0.05, 0.1) is 22.5 Å². The van der Waals surface area contributed by atoms with E-state index in [0.29, 0.717) is 5.69 Å². The Kier molecular flexibility index (Phi) is 4.51. The molecule has 0 saturated carbocycles. The molecule has 0 aliphatic carbocycles. The Morgan fingerprint density at radius 1 is 0.964 bits per heavy atom. The molecule has 6 heteroatoms. The smallest absolute Gasteiger partial charge is 0.271 e. The number of pyridine rings is 1. The lowest BCUT2D eigenvalue weighted by atomic mass is 10.0. The van der Waals surface area contributed by atoms with Gasteiger partial charge in [0.25, 0.3) is 5.69 Å². The Morgan fingerprint density at radius 3 is 2.61 bits per heavy atom. The maximum absolute atomic E-state index is 10.9. The number of phenols is 1. The van der Waals surface area contributed by atoms with E-state index in [1.54, 1.807) is 6.07 Å².